The van der Waals surface area contributed by atoms with Crippen molar-refractivity contribution >= 4 is 88.9 Å². The summed E-state index contributed by atoms with van der Waals surface area (Å²) in [6.45, 7) is 13.1. The number of likely N-dealkylation sites (tertiary alicyclic amines) is 1. The molecule has 3 amide bonds. The number of aldehydes is 2. The minimum Gasteiger partial charge on any atom is -0.494 e. The van der Waals surface area contributed by atoms with Gasteiger partial charge in [-0.25, -0.2) is 4.98 Å². The quantitative estimate of drug-likeness (QED) is 0.0672. The third-order valence-corrected chi connectivity index (χ3v) is 17.4. The van der Waals surface area contributed by atoms with E-state index in [9.17, 15) is 28.5 Å². The molecule has 0 radical (unpaired) electrons. The number of anilines is 6. The molecule has 3 N–H and O–H groups in total. The van der Waals surface area contributed by atoms with Crippen LogP contribution in [0.2, 0.25) is 5.02 Å². The summed E-state index contributed by atoms with van der Waals surface area (Å²) in [6.07, 6.45) is 9.08. The number of benzene rings is 3. The van der Waals surface area contributed by atoms with Gasteiger partial charge >= 0.3 is 0 Å². The molecule has 4 aliphatic heterocycles. The second-order valence-corrected chi connectivity index (χ2v) is 24.2. The number of aromatic nitrogens is 2. The number of hydrogen-bond acceptors (Lipinski definition) is 15. The van der Waals surface area contributed by atoms with Crippen molar-refractivity contribution in [3.05, 3.63) is 83.0 Å². The number of rotatable bonds is 19. The van der Waals surface area contributed by atoms with Crippen LogP contribution in [0.3, 0.4) is 0 Å². The van der Waals surface area contributed by atoms with Gasteiger partial charge in [0.2, 0.25) is 17.8 Å². The molecule has 1 atom stereocenters. The van der Waals surface area contributed by atoms with Gasteiger partial charge in [0.05, 0.1) is 30.2 Å². The minimum atomic E-state index is -2.56. The number of ether oxygens (including phenoxy) is 1. The number of nitrogens with one attached hydrogen (secondary N) is 3. The Kier molecular flexibility index (Phi) is 18.5. The first-order valence-corrected chi connectivity index (χ1v) is 29.3. The number of carbonyl (C=O) groups is 5. The predicted molar refractivity (Wildman–Crippen MR) is 297 cm³/mol. The highest BCUT2D eigenvalue weighted by Gasteiger charge is 2.35. The first-order chi connectivity index (χ1) is 36.2. The summed E-state index contributed by atoms with van der Waals surface area (Å²) in [6, 6.07) is 18.5. The molecule has 0 aliphatic carbocycles. The number of amides is 3. The lowest BCUT2D eigenvalue weighted by Crippen LogP contribution is -2.55. The number of piperazine rings is 1. The number of methoxy groups -OCH3 is 1. The van der Waals surface area contributed by atoms with Gasteiger partial charge in [0, 0.05) is 120 Å². The van der Waals surface area contributed by atoms with E-state index in [1.54, 1.807) is 32.6 Å². The standard InChI is InChI=1S/C55H73ClN11O7P/c1-57-52(70)48(10-8-32-68)62(2)54(72)44-33-42(13-12-40(44)37-69)64-24-16-38(17-25-64)36-63-22-18-39(19-23-63)53(71)67-30-28-66(29-31-67)41-20-26-65(27-21-41)43-14-15-46(49(34-43)74-3)60-55-58-35-45(56)51(61-55)59-47-9-6-7-11-50(47)75(4,5)73/h6-7,9,11-15,32-35,37-39,41,48H,8,10,16-31,36H2,1-5H3,(H,57,70)(H2,58,59,60,61). The second-order valence-electron chi connectivity index (χ2n) is 20.7. The highest BCUT2D eigenvalue weighted by molar-refractivity contribution is 7.70. The molecule has 0 saturated carbocycles. The summed E-state index contributed by atoms with van der Waals surface area (Å²) in [5, 5.41) is 10.2. The predicted octanol–water partition coefficient (Wildman–Crippen LogP) is 6.59. The van der Waals surface area contributed by atoms with E-state index in [1.165, 1.54) is 25.2 Å². The van der Waals surface area contributed by atoms with E-state index >= 15 is 0 Å². The number of hydrogen-bond donors (Lipinski definition) is 3. The van der Waals surface area contributed by atoms with Gasteiger partial charge in [0.25, 0.3) is 5.91 Å². The maximum atomic E-state index is 13.8. The summed E-state index contributed by atoms with van der Waals surface area (Å²) in [4.78, 5) is 85.5. The molecular formula is C55H73ClN11O7P. The third kappa shape index (κ3) is 13.5. The van der Waals surface area contributed by atoms with E-state index in [0.29, 0.717) is 63.4 Å². The molecule has 402 valence electrons. The summed E-state index contributed by atoms with van der Waals surface area (Å²) in [7, 11) is 2.11. The molecule has 20 heteroatoms. The molecule has 1 unspecified atom stereocenters. The van der Waals surface area contributed by atoms with E-state index in [4.69, 9.17) is 16.3 Å². The Morgan fingerprint density at radius 2 is 1.51 bits per heavy atom. The first-order valence-electron chi connectivity index (χ1n) is 26.3. The summed E-state index contributed by atoms with van der Waals surface area (Å²) in [5.41, 5.74) is 3.84. The second kappa shape index (κ2) is 25.2. The molecule has 0 bridgehead atoms. The van der Waals surface area contributed by atoms with Gasteiger partial charge in [0.15, 0.2) is 12.1 Å². The van der Waals surface area contributed by atoms with Crippen LogP contribution >= 0.6 is 18.7 Å². The monoisotopic (exact) mass is 1070 g/mol. The molecule has 0 spiro atoms. The molecular weight excluding hydrogens is 993 g/mol. The molecule has 4 aromatic rings. The Bertz CT molecular complexity index is 2710. The Balaban J connectivity index is 0.752. The number of piperidine rings is 3. The number of para-hydroxylation sites is 1. The van der Waals surface area contributed by atoms with Crippen molar-refractivity contribution in [1.29, 1.82) is 0 Å². The Morgan fingerprint density at radius 3 is 2.16 bits per heavy atom. The third-order valence-electron chi connectivity index (χ3n) is 15.6. The molecule has 4 aliphatic rings. The van der Waals surface area contributed by atoms with Gasteiger partial charge in [-0.05, 0) is 120 Å². The largest absolute Gasteiger partial charge is 0.494 e. The molecule has 8 rings (SSSR count). The summed E-state index contributed by atoms with van der Waals surface area (Å²) in [5.74, 6) is 1.49. The van der Waals surface area contributed by atoms with Gasteiger partial charge in [-0.1, -0.05) is 23.7 Å². The Hall–Kier alpha value is -6.07. The zero-order chi connectivity index (χ0) is 53.2. The topological polar surface area (TPSA) is 193 Å². The molecule has 5 heterocycles. The van der Waals surface area contributed by atoms with Crippen LogP contribution in [0, 0.1) is 11.8 Å². The van der Waals surface area contributed by atoms with Crippen LogP contribution < -0.4 is 35.8 Å². The Labute approximate surface area is 446 Å². The van der Waals surface area contributed by atoms with Crippen molar-refractivity contribution in [3.63, 3.8) is 0 Å². The smallest absolute Gasteiger partial charge is 0.255 e. The normalized spacial score (nSPS) is 18.0. The molecule has 3 aromatic carbocycles. The average molecular weight is 1070 g/mol. The van der Waals surface area contributed by atoms with Crippen LogP contribution in [0.1, 0.15) is 72.1 Å². The fourth-order valence-electron chi connectivity index (χ4n) is 11.2. The fraction of sp³-hybridized carbons (Fsp3) is 0.509. The van der Waals surface area contributed by atoms with Gasteiger partial charge < -0.3 is 54.5 Å². The van der Waals surface area contributed by atoms with E-state index < -0.39 is 19.1 Å². The Morgan fingerprint density at radius 1 is 0.840 bits per heavy atom. The maximum Gasteiger partial charge on any atom is 0.255 e. The highest BCUT2D eigenvalue weighted by Crippen LogP contribution is 2.39. The van der Waals surface area contributed by atoms with Gasteiger partial charge in [-0.2, -0.15) is 4.98 Å². The molecule has 4 fully saturated rings. The van der Waals surface area contributed by atoms with E-state index in [-0.39, 0.29) is 35.8 Å². The lowest BCUT2D eigenvalue weighted by atomic mass is 9.91. The fourth-order valence-corrected chi connectivity index (χ4v) is 12.5. The van der Waals surface area contributed by atoms with E-state index in [1.807, 2.05) is 42.5 Å². The van der Waals surface area contributed by atoms with Crippen molar-refractivity contribution in [3.8, 4) is 5.75 Å². The number of likely N-dealkylation sites (N-methyl/N-ethyl adjacent to an activating group) is 2. The molecule has 18 nitrogen and oxygen atoms in total. The number of halogens is 1. The van der Waals surface area contributed by atoms with Crippen LogP contribution in [-0.4, -0.2) is 178 Å². The van der Waals surface area contributed by atoms with Gasteiger partial charge in [-0.15, -0.1) is 0 Å². The SMILES string of the molecule is CNC(=O)C(CCC=O)N(C)C(=O)c1cc(N2CCC(CN3CCC(C(=O)N4CCN(C5CCN(c6ccc(Nc7ncc(Cl)c(Nc8ccccc8P(C)(C)=O)n7)c(OC)c6)CC5)CC4)CC3)CC2)ccc1C=O. The van der Waals surface area contributed by atoms with Crippen LogP contribution in [-0.2, 0) is 18.9 Å². The number of nitrogens with zero attached hydrogens (tertiary/aromatic N) is 8. The van der Waals surface area contributed by atoms with Crippen LogP contribution in [0.5, 0.6) is 5.75 Å². The van der Waals surface area contributed by atoms with Crippen molar-refractivity contribution in [2.45, 2.75) is 63.5 Å². The van der Waals surface area contributed by atoms with Crippen molar-refractivity contribution in [1.82, 2.24) is 34.9 Å². The zero-order valence-corrected chi connectivity index (χ0v) is 45.7. The van der Waals surface area contributed by atoms with Crippen LogP contribution in [0.25, 0.3) is 0 Å². The molecule has 1 aromatic heterocycles. The zero-order valence-electron chi connectivity index (χ0n) is 44.0. The maximum absolute atomic E-state index is 13.8. The molecule has 4 saturated heterocycles. The van der Waals surface area contributed by atoms with E-state index in [2.05, 4.69) is 56.5 Å². The minimum absolute atomic E-state index is 0.0685. The highest BCUT2D eigenvalue weighted by atomic mass is 35.5. The van der Waals surface area contributed by atoms with Gasteiger partial charge in [-0.3, -0.25) is 24.1 Å². The van der Waals surface area contributed by atoms with Crippen LogP contribution in [0.4, 0.5) is 34.5 Å². The lowest BCUT2D eigenvalue weighted by molar-refractivity contribution is -0.139. The lowest BCUT2D eigenvalue weighted by Gasteiger charge is -2.44. The summed E-state index contributed by atoms with van der Waals surface area (Å²) < 4.78 is 18.8. The average Bonchev–Trinajstić information content (AvgIpc) is 3.43. The molecule has 75 heavy (non-hydrogen) atoms. The van der Waals surface area contributed by atoms with Crippen molar-refractivity contribution < 1.29 is 33.3 Å². The first kappa shape index (κ1) is 55.2. The van der Waals surface area contributed by atoms with Crippen molar-refractivity contribution in [2.24, 2.45) is 11.8 Å². The van der Waals surface area contributed by atoms with E-state index in [0.717, 1.165) is 128 Å². The number of carbonyl (C=O) groups excluding carboxylic acids is 5. The van der Waals surface area contributed by atoms with Crippen LogP contribution in [0.15, 0.2) is 66.9 Å². The summed E-state index contributed by atoms with van der Waals surface area (Å²) >= 11 is 6.51. The van der Waals surface area contributed by atoms with Gasteiger partial charge in [0.1, 0.15) is 30.2 Å². The van der Waals surface area contributed by atoms with Crippen molar-refractivity contribution in [2.75, 3.05) is 127 Å².